The van der Waals surface area contributed by atoms with E-state index in [0.717, 1.165) is 5.01 Å². The van der Waals surface area contributed by atoms with E-state index in [1.807, 2.05) is 0 Å². The van der Waals surface area contributed by atoms with Gasteiger partial charge in [0, 0.05) is 6.92 Å². The van der Waals surface area contributed by atoms with Crippen LogP contribution in [0, 0.1) is 0 Å². The number of rotatable bonds is 3. The molecule has 1 rings (SSSR count). The number of hydroxylamine groups is 2. The monoisotopic (exact) mass is 211 g/mol. The molecule has 0 aliphatic carbocycles. The molecule has 0 saturated carbocycles. The van der Waals surface area contributed by atoms with Gasteiger partial charge in [-0.25, -0.2) is 0 Å². The Labute approximate surface area is 88.2 Å². The van der Waals surface area contributed by atoms with Crippen molar-refractivity contribution in [3.8, 4) is 0 Å². The lowest BCUT2D eigenvalue weighted by Crippen LogP contribution is -2.58. The van der Waals surface area contributed by atoms with Crippen LogP contribution in [0.3, 0.4) is 0 Å². The number of benzene rings is 1. The molecule has 0 saturated heterocycles. The second-order valence-corrected chi connectivity index (χ2v) is 3.18. The van der Waals surface area contributed by atoms with E-state index < -0.39 is 10.8 Å². The summed E-state index contributed by atoms with van der Waals surface area (Å²) in [5, 5.41) is 20.1. The summed E-state index contributed by atoms with van der Waals surface area (Å²) in [7, 11) is 0. The highest BCUT2D eigenvalue weighted by molar-refractivity contribution is 5.88. The van der Waals surface area contributed by atoms with Gasteiger partial charge in [0.15, 0.2) is 6.54 Å². The van der Waals surface area contributed by atoms with Crippen molar-refractivity contribution in [3.05, 3.63) is 30.3 Å². The number of amides is 1. The second kappa shape index (κ2) is 4.39. The lowest BCUT2D eigenvalue weighted by atomic mass is 10.3. The van der Waals surface area contributed by atoms with E-state index in [2.05, 4.69) is 0 Å². The summed E-state index contributed by atoms with van der Waals surface area (Å²) in [6, 6.07) is 8.51. The highest BCUT2D eigenvalue weighted by Crippen LogP contribution is 2.18. The molecule has 5 nitrogen and oxygen atoms in total. The minimum Gasteiger partial charge on any atom is -0.269 e. The van der Waals surface area contributed by atoms with Gasteiger partial charge >= 0.3 is 0 Å². The molecule has 1 aromatic carbocycles. The third-order valence-corrected chi connectivity index (χ3v) is 2.04. The summed E-state index contributed by atoms with van der Waals surface area (Å²) in [4.78, 5) is 9.88. The zero-order chi connectivity index (χ0) is 11.5. The Bertz CT molecular complexity index is 338. The highest BCUT2D eigenvalue weighted by Gasteiger charge is 2.35. The minimum atomic E-state index is -1.46. The van der Waals surface area contributed by atoms with Crippen LogP contribution in [0.5, 0.6) is 0 Å². The lowest BCUT2D eigenvalue weighted by molar-refractivity contribution is -1.24. The molecule has 1 aromatic rings. The molecule has 15 heavy (non-hydrogen) atoms. The average molecular weight is 211 g/mol. The molecule has 0 radical (unpaired) electrons. The molecule has 0 aliphatic rings. The highest BCUT2D eigenvalue weighted by atomic mass is 16.9. The third-order valence-electron chi connectivity index (χ3n) is 2.04. The van der Waals surface area contributed by atoms with Crippen molar-refractivity contribution in [3.63, 3.8) is 0 Å². The molecule has 0 atom stereocenters. The number of hydrogen-bond donors (Lipinski definition) is 2. The summed E-state index contributed by atoms with van der Waals surface area (Å²) in [5.41, 5.74) is 0.442. The van der Waals surface area contributed by atoms with Crippen LogP contribution in [0.15, 0.2) is 30.3 Å². The maximum Gasteiger partial charge on any atom is 0.276 e. The Kier molecular flexibility index (Phi) is 3.41. The van der Waals surface area contributed by atoms with Crippen molar-refractivity contribution in [1.29, 1.82) is 0 Å². The molecule has 0 spiro atoms. The van der Waals surface area contributed by atoms with Crippen LogP contribution in [-0.2, 0) is 4.79 Å². The maximum absolute atomic E-state index is 11.3. The van der Waals surface area contributed by atoms with Crippen LogP contribution in [0.4, 0.5) is 5.69 Å². The van der Waals surface area contributed by atoms with Crippen molar-refractivity contribution in [2.75, 3.05) is 11.6 Å². The fourth-order valence-corrected chi connectivity index (χ4v) is 1.30. The molecule has 82 valence electrons. The molecule has 2 N–H and O–H groups in total. The van der Waals surface area contributed by atoms with Gasteiger partial charge in [0.2, 0.25) is 0 Å². The van der Waals surface area contributed by atoms with Crippen molar-refractivity contribution < 1.29 is 20.1 Å². The van der Waals surface area contributed by atoms with E-state index in [1.54, 1.807) is 37.3 Å². The van der Waals surface area contributed by atoms with E-state index in [9.17, 15) is 15.2 Å². The average Bonchev–Trinajstić information content (AvgIpc) is 2.18. The van der Waals surface area contributed by atoms with E-state index in [1.165, 1.54) is 6.92 Å². The number of nitrogens with zero attached hydrogens (tertiary/aromatic N) is 2. The van der Waals surface area contributed by atoms with Crippen LogP contribution in [-0.4, -0.2) is 27.8 Å². The molecule has 0 aliphatic heterocycles. The molecule has 0 heterocycles. The Morgan fingerprint density at radius 3 is 2.27 bits per heavy atom. The number of para-hydroxylation sites is 1. The Balaban J connectivity index is 3.10. The van der Waals surface area contributed by atoms with Crippen molar-refractivity contribution in [2.45, 2.75) is 13.8 Å². The standard InChI is InChI=1S/C10H15N2O3/c1-3-12(14,15)11(9(2)13)10-7-5-4-6-8-10/h4-8,14-15H,3H2,1-2H3/q+1. The molecular weight excluding hydrogens is 196 g/mol. The zero-order valence-corrected chi connectivity index (χ0v) is 8.79. The van der Waals surface area contributed by atoms with Gasteiger partial charge in [0.05, 0.1) is 4.92 Å². The van der Waals surface area contributed by atoms with Gasteiger partial charge < -0.3 is 0 Å². The fourth-order valence-electron chi connectivity index (χ4n) is 1.30. The molecular formula is C10H15N2O3+. The Morgan fingerprint density at radius 2 is 1.87 bits per heavy atom. The van der Waals surface area contributed by atoms with E-state index >= 15 is 0 Å². The SMILES string of the molecule is CC[N+](O)(O)N(C(C)=O)c1ccccc1. The second-order valence-electron chi connectivity index (χ2n) is 3.18. The molecule has 0 aromatic heterocycles. The van der Waals surface area contributed by atoms with Crippen LogP contribution in [0.1, 0.15) is 13.8 Å². The van der Waals surface area contributed by atoms with Crippen LogP contribution in [0.25, 0.3) is 0 Å². The van der Waals surface area contributed by atoms with E-state index in [4.69, 9.17) is 0 Å². The smallest absolute Gasteiger partial charge is 0.269 e. The Morgan fingerprint density at radius 1 is 1.33 bits per heavy atom. The first-order valence-corrected chi connectivity index (χ1v) is 4.69. The third kappa shape index (κ3) is 2.53. The largest absolute Gasteiger partial charge is 0.276 e. The van der Waals surface area contributed by atoms with Crippen LogP contribution < -0.4 is 5.01 Å². The first-order valence-electron chi connectivity index (χ1n) is 4.69. The van der Waals surface area contributed by atoms with E-state index in [-0.39, 0.29) is 6.54 Å². The topological polar surface area (TPSA) is 60.8 Å². The fraction of sp³-hybridized carbons (Fsp3) is 0.300. The zero-order valence-electron chi connectivity index (χ0n) is 8.79. The number of quaternary nitrogens is 1. The number of hydrogen-bond acceptors (Lipinski definition) is 3. The quantitative estimate of drug-likeness (QED) is 0.589. The first-order chi connectivity index (χ1) is 6.99. The van der Waals surface area contributed by atoms with Crippen molar-refractivity contribution >= 4 is 11.6 Å². The predicted molar refractivity (Wildman–Crippen MR) is 54.0 cm³/mol. The summed E-state index contributed by atoms with van der Waals surface area (Å²) >= 11 is 0. The number of anilines is 1. The van der Waals surface area contributed by atoms with Gasteiger partial charge in [-0.05, 0) is 19.1 Å². The number of carbonyl (C=O) groups is 1. The first kappa shape index (κ1) is 11.6. The summed E-state index contributed by atoms with van der Waals surface area (Å²) in [5.74, 6) is -0.437. The molecule has 5 heteroatoms. The lowest BCUT2D eigenvalue weighted by Gasteiger charge is -2.29. The number of carbonyl (C=O) groups excluding carboxylic acids is 1. The van der Waals surface area contributed by atoms with Gasteiger partial charge in [-0.3, -0.25) is 4.79 Å². The molecule has 0 unspecified atom stereocenters. The molecule has 0 fully saturated rings. The van der Waals surface area contributed by atoms with Crippen LogP contribution in [0.2, 0.25) is 0 Å². The Hall–Kier alpha value is -1.43. The van der Waals surface area contributed by atoms with Gasteiger partial charge in [-0.15, -0.1) is 0 Å². The summed E-state index contributed by atoms with van der Waals surface area (Å²) in [6.07, 6.45) is 0. The van der Waals surface area contributed by atoms with Crippen molar-refractivity contribution in [2.24, 2.45) is 0 Å². The van der Waals surface area contributed by atoms with Crippen molar-refractivity contribution in [1.82, 2.24) is 0 Å². The summed E-state index contributed by atoms with van der Waals surface area (Å²) in [6.45, 7) is 2.83. The van der Waals surface area contributed by atoms with Gasteiger partial charge in [-0.2, -0.15) is 10.4 Å². The molecule has 1 amide bonds. The van der Waals surface area contributed by atoms with Gasteiger partial charge in [0.1, 0.15) is 5.69 Å². The normalized spacial score (nSPS) is 11.2. The maximum atomic E-state index is 11.3. The van der Waals surface area contributed by atoms with E-state index in [0.29, 0.717) is 5.69 Å². The van der Waals surface area contributed by atoms with Gasteiger partial charge in [0.25, 0.3) is 5.91 Å². The predicted octanol–water partition coefficient (Wildman–Crippen LogP) is 1.57. The minimum absolute atomic E-state index is 0.0194. The molecule has 0 bridgehead atoms. The summed E-state index contributed by atoms with van der Waals surface area (Å²) < 4.78 is 0. The van der Waals surface area contributed by atoms with Crippen LogP contribution >= 0.6 is 0 Å². The van der Waals surface area contributed by atoms with Gasteiger partial charge in [-0.1, -0.05) is 23.2 Å².